The van der Waals surface area contributed by atoms with Gasteiger partial charge in [-0.05, 0) is 25.0 Å². The van der Waals surface area contributed by atoms with Crippen molar-refractivity contribution < 1.29 is 27.4 Å². The average molecular weight is 318 g/mol. The monoisotopic (exact) mass is 318 g/mol. The molecule has 0 radical (unpaired) electrons. The van der Waals surface area contributed by atoms with E-state index in [-0.39, 0.29) is 17.5 Å². The summed E-state index contributed by atoms with van der Waals surface area (Å²) in [7, 11) is 0. The van der Waals surface area contributed by atoms with Crippen LogP contribution in [-0.4, -0.2) is 37.4 Å². The van der Waals surface area contributed by atoms with Gasteiger partial charge in [-0.15, -0.1) is 0 Å². The minimum atomic E-state index is -4.44. The lowest BCUT2D eigenvalue weighted by Gasteiger charge is -2.16. The number of anilines is 1. The standard InChI is InChI=1S/C14H17F3N2O3/c15-14(16,17)8-21-11-4-2-1-3-10(11)19-13(20)12-6-5-9(7-18)22-12/h1-4,9,12H,5-8,18H2,(H,19,20)/t9-,12+/m1/s1. The van der Waals surface area contributed by atoms with Crippen molar-refractivity contribution >= 4 is 11.6 Å². The molecule has 1 aliphatic rings. The molecule has 0 unspecified atom stereocenters. The third kappa shape index (κ3) is 4.60. The summed E-state index contributed by atoms with van der Waals surface area (Å²) in [5.74, 6) is -0.458. The Morgan fingerprint density at radius 1 is 1.36 bits per heavy atom. The largest absolute Gasteiger partial charge is 0.482 e. The minimum absolute atomic E-state index is 0.0402. The molecule has 0 spiro atoms. The zero-order chi connectivity index (χ0) is 16.2. The molecule has 122 valence electrons. The van der Waals surface area contributed by atoms with Crippen molar-refractivity contribution in [2.45, 2.75) is 31.2 Å². The first kappa shape index (κ1) is 16.6. The fourth-order valence-corrected chi connectivity index (χ4v) is 2.14. The van der Waals surface area contributed by atoms with Crippen LogP contribution in [0.25, 0.3) is 0 Å². The van der Waals surface area contributed by atoms with Crippen molar-refractivity contribution in [2.24, 2.45) is 5.73 Å². The van der Waals surface area contributed by atoms with E-state index in [4.69, 9.17) is 15.2 Å². The first-order valence-electron chi connectivity index (χ1n) is 6.84. The van der Waals surface area contributed by atoms with Crippen LogP contribution in [0.1, 0.15) is 12.8 Å². The van der Waals surface area contributed by atoms with Gasteiger partial charge >= 0.3 is 6.18 Å². The van der Waals surface area contributed by atoms with Gasteiger partial charge in [0.25, 0.3) is 5.91 Å². The molecule has 1 aromatic rings. The number of carbonyl (C=O) groups is 1. The normalized spacial score (nSPS) is 21.6. The summed E-state index contributed by atoms with van der Waals surface area (Å²) in [5.41, 5.74) is 5.65. The number of hydrogen-bond donors (Lipinski definition) is 2. The van der Waals surface area contributed by atoms with Crippen molar-refractivity contribution in [3.05, 3.63) is 24.3 Å². The van der Waals surface area contributed by atoms with E-state index in [2.05, 4.69) is 5.32 Å². The highest BCUT2D eigenvalue weighted by atomic mass is 19.4. The molecule has 2 atom stereocenters. The summed E-state index contributed by atoms with van der Waals surface area (Å²) in [6.45, 7) is -1.09. The lowest BCUT2D eigenvalue weighted by Crippen LogP contribution is -2.30. The Balaban J connectivity index is 1.99. The SMILES string of the molecule is NC[C@H]1CC[C@@H](C(=O)Nc2ccccc2OCC(F)(F)F)O1. The van der Waals surface area contributed by atoms with Gasteiger partial charge in [0.2, 0.25) is 0 Å². The molecule has 22 heavy (non-hydrogen) atoms. The summed E-state index contributed by atoms with van der Waals surface area (Å²) >= 11 is 0. The number of alkyl halides is 3. The zero-order valence-electron chi connectivity index (χ0n) is 11.7. The first-order chi connectivity index (χ1) is 10.4. The smallest absolute Gasteiger partial charge is 0.422 e. The highest BCUT2D eigenvalue weighted by Gasteiger charge is 2.31. The molecule has 0 saturated carbocycles. The quantitative estimate of drug-likeness (QED) is 0.872. The maximum atomic E-state index is 12.2. The number of benzene rings is 1. The number of ether oxygens (including phenoxy) is 2. The molecule has 0 aromatic heterocycles. The Kier molecular flexibility index (Phi) is 5.25. The van der Waals surface area contributed by atoms with Crippen LogP contribution >= 0.6 is 0 Å². The van der Waals surface area contributed by atoms with E-state index in [0.29, 0.717) is 19.4 Å². The van der Waals surface area contributed by atoms with Crippen molar-refractivity contribution in [3.8, 4) is 5.75 Å². The Morgan fingerprint density at radius 3 is 2.73 bits per heavy atom. The minimum Gasteiger partial charge on any atom is -0.482 e. The van der Waals surface area contributed by atoms with Gasteiger partial charge in [-0.3, -0.25) is 4.79 Å². The number of para-hydroxylation sites is 2. The molecular formula is C14H17F3N2O3. The van der Waals surface area contributed by atoms with Crippen LogP contribution in [0.15, 0.2) is 24.3 Å². The Morgan fingerprint density at radius 2 is 2.09 bits per heavy atom. The van der Waals surface area contributed by atoms with E-state index in [1.54, 1.807) is 6.07 Å². The summed E-state index contributed by atoms with van der Waals surface area (Å²) < 4.78 is 46.8. The Labute approximate surface area is 125 Å². The second kappa shape index (κ2) is 6.97. The van der Waals surface area contributed by atoms with Crippen LogP contribution in [0.4, 0.5) is 18.9 Å². The van der Waals surface area contributed by atoms with Crippen LogP contribution in [0.3, 0.4) is 0 Å². The molecule has 8 heteroatoms. The molecule has 5 nitrogen and oxygen atoms in total. The molecule has 3 N–H and O–H groups in total. The van der Waals surface area contributed by atoms with Crippen LogP contribution < -0.4 is 15.8 Å². The number of halogens is 3. The van der Waals surface area contributed by atoms with Crippen molar-refractivity contribution in [1.29, 1.82) is 0 Å². The molecule has 1 aromatic carbocycles. The van der Waals surface area contributed by atoms with Crippen LogP contribution in [0.5, 0.6) is 5.75 Å². The molecule has 1 saturated heterocycles. The second-order valence-electron chi connectivity index (χ2n) is 4.95. The Hall–Kier alpha value is -1.80. The molecule has 0 aliphatic carbocycles. The van der Waals surface area contributed by atoms with Crippen LogP contribution in [-0.2, 0) is 9.53 Å². The van der Waals surface area contributed by atoms with Gasteiger partial charge in [-0.25, -0.2) is 0 Å². The van der Waals surface area contributed by atoms with Gasteiger partial charge in [-0.1, -0.05) is 12.1 Å². The topological polar surface area (TPSA) is 73.6 Å². The van der Waals surface area contributed by atoms with Gasteiger partial charge in [0.15, 0.2) is 6.61 Å². The van der Waals surface area contributed by atoms with Gasteiger partial charge in [0, 0.05) is 6.54 Å². The number of rotatable bonds is 5. The van der Waals surface area contributed by atoms with Crippen molar-refractivity contribution in [1.82, 2.24) is 0 Å². The van der Waals surface area contributed by atoms with Crippen LogP contribution in [0.2, 0.25) is 0 Å². The summed E-state index contributed by atoms with van der Waals surface area (Å²) in [6.07, 6.45) is -4.04. The number of carbonyl (C=O) groups excluding carboxylic acids is 1. The van der Waals surface area contributed by atoms with Crippen molar-refractivity contribution in [3.63, 3.8) is 0 Å². The van der Waals surface area contributed by atoms with E-state index >= 15 is 0 Å². The number of amides is 1. The maximum Gasteiger partial charge on any atom is 0.422 e. The van der Waals surface area contributed by atoms with E-state index < -0.39 is 24.8 Å². The highest BCUT2D eigenvalue weighted by molar-refractivity contribution is 5.95. The lowest BCUT2D eigenvalue weighted by molar-refractivity contribution is -0.153. The van der Waals surface area contributed by atoms with E-state index in [1.807, 2.05) is 0 Å². The van der Waals surface area contributed by atoms with Gasteiger partial charge < -0.3 is 20.5 Å². The van der Waals surface area contributed by atoms with E-state index in [1.165, 1.54) is 18.2 Å². The predicted octanol–water partition coefficient (Wildman–Crippen LogP) is 2.07. The predicted molar refractivity (Wildman–Crippen MR) is 73.6 cm³/mol. The lowest BCUT2D eigenvalue weighted by atomic mass is 10.2. The first-order valence-corrected chi connectivity index (χ1v) is 6.84. The second-order valence-corrected chi connectivity index (χ2v) is 4.95. The number of nitrogens with two attached hydrogens (primary N) is 1. The molecule has 1 amide bonds. The highest BCUT2D eigenvalue weighted by Crippen LogP contribution is 2.27. The maximum absolute atomic E-state index is 12.2. The summed E-state index contributed by atoms with van der Waals surface area (Å²) in [4.78, 5) is 12.1. The molecule has 1 heterocycles. The molecule has 0 bridgehead atoms. The fraction of sp³-hybridized carbons (Fsp3) is 0.500. The number of nitrogens with one attached hydrogen (secondary N) is 1. The molecule has 1 fully saturated rings. The summed E-state index contributed by atoms with van der Waals surface area (Å²) in [6, 6.07) is 5.95. The average Bonchev–Trinajstić information content (AvgIpc) is 2.94. The number of hydrogen-bond acceptors (Lipinski definition) is 4. The molecule has 2 rings (SSSR count). The third-order valence-electron chi connectivity index (χ3n) is 3.20. The van der Waals surface area contributed by atoms with Gasteiger partial charge in [0.05, 0.1) is 11.8 Å². The fourth-order valence-electron chi connectivity index (χ4n) is 2.14. The molecule has 1 aliphatic heterocycles. The summed E-state index contributed by atoms with van der Waals surface area (Å²) in [5, 5.41) is 2.54. The van der Waals surface area contributed by atoms with E-state index in [0.717, 1.165) is 0 Å². The van der Waals surface area contributed by atoms with E-state index in [9.17, 15) is 18.0 Å². The Bertz CT molecular complexity index is 522. The van der Waals surface area contributed by atoms with Crippen molar-refractivity contribution in [2.75, 3.05) is 18.5 Å². The molecular weight excluding hydrogens is 301 g/mol. The zero-order valence-corrected chi connectivity index (χ0v) is 11.7. The van der Waals surface area contributed by atoms with Gasteiger partial charge in [0.1, 0.15) is 11.9 Å². The third-order valence-corrected chi connectivity index (χ3v) is 3.20. The van der Waals surface area contributed by atoms with Crippen LogP contribution in [0, 0.1) is 0 Å². The van der Waals surface area contributed by atoms with Gasteiger partial charge in [-0.2, -0.15) is 13.2 Å².